The minimum atomic E-state index is -0.729. The number of nitrogens with zero attached hydrogens (tertiary/aromatic N) is 2. The summed E-state index contributed by atoms with van der Waals surface area (Å²) in [4.78, 5) is 28.0. The zero-order valence-corrected chi connectivity index (χ0v) is 16.0. The van der Waals surface area contributed by atoms with E-state index in [9.17, 15) is 9.59 Å². The number of amides is 1. The molecule has 0 saturated carbocycles. The van der Waals surface area contributed by atoms with Crippen molar-refractivity contribution in [2.75, 3.05) is 33.2 Å². The van der Waals surface area contributed by atoms with E-state index in [0.29, 0.717) is 25.3 Å². The first-order valence-corrected chi connectivity index (χ1v) is 8.87. The van der Waals surface area contributed by atoms with E-state index in [4.69, 9.17) is 15.2 Å². The van der Waals surface area contributed by atoms with Crippen molar-refractivity contribution in [3.8, 4) is 5.75 Å². The van der Waals surface area contributed by atoms with Crippen molar-refractivity contribution in [2.45, 2.75) is 38.8 Å². The molecule has 1 fully saturated rings. The molecular weight excluding hydrogens is 334 g/mol. The molecule has 1 atom stereocenters. The average molecular weight is 363 g/mol. The standard InChI is InChI=1S/C19H29N3O4/c1-19(2,3)26-17(23)16(20)13-14-5-7-15(8-6-14)25-18(24)22-11-9-21(4)10-12-22/h5-8,16H,9-13,20H2,1-4H3. The van der Waals surface area contributed by atoms with Crippen LogP contribution in [0, 0.1) is 0 Å². The number of benzene rings is 1. The molecule has 1 unspecified atom stereocenters. The van der Waals surface area contributed by atoms with Crippen molar-refractivity contribution in [2.24, 2.45) is 5.73 Å². The van der Waals surface area contributed by atoms with E-state index in [1.54, 1.807) is 49.9 Å². The van der Waals surface area contributed by atoms with Crippen LogP contribution in [0.1, 0.15) is 26.3 Å². The van der Waals surface area contributed by atoms with E-state index in [2.05, 4.69) is 4.90 Å². The number of rotatable bonds is 4. The van der Waals surface area contributed by atoms with Gasteiger partial charge in [0.25, 0.3) is 0 Å². The normalized spacial score (nSPS) is 16.9. The fourth-order valence-electron chi connectivity index (χ4n) is 2.56. The molecule has 0 aliphatic carbocycles. The van der Waals surface area contributed by atoms with Crippen LogP contribution < -0.4 is 10.5 Å². The molecule has 2 N–H and O–H groups in total. The molecule has 2 rings (SSSR count). The molecule has 7 nitrogen and oxygen atoms in total. The van der Waals surface area contributed by atoms with Gasteiger partial charge in [0.05, 0.1) is 0 Å². The second-order valence-electron chi connectivity index (χ2n) is 7.65. The molecule has 0 aromatic heterocycles. The van der Waals surface area contributed by atoms with Gasteiger partial charge in [0.1, 0.15) is 17.4 Å². The first kappa shape index (κ1) is 20.2. The predicted octanol–water partition coefficient (Wildman–Crippen LogP) is 1.64. The van der Waals surface area contributed by atoms with Crippen molar-refractivity contribution < 1.29 is 19.1 Å². The molecule has 1 aliphatic rings. The molecule has 1 aliphatic heterocycles. The van der Waals surface area contributed by atoms with Crippen molar-refractivity contribution in [3.63, 3.8) is 0 Å². The Morgan fingerprint density at radius 2 is 1.69 bits per heavy atom. The van der Waals surface area contributed by atoms with Gasteiger partial charge in [-0.25, -0.2) is 4.79 Å². The van der Waals surface area contributed by atoms with Crippen LogP contribution in [0.25, 0.3) is 0 Å². The number of ether oxygens (including phenoxy) is 2. The van der Waals surface area contributed by atoms with Gasteiger partial charge in [-0.05, 0) is 51.9 Å². The van der Waals surface area contributed by atoms with Crippen molar-refractivity contribution >= 4 is 12.1 Å². The highest BCUT2D eigenvalue weighted by Crippen LogP contribution is 2.16. The number of piperazine rings is 1. The molecule has 1 aromatic carbocycles. The second-order valence-corrected chi connectivity index (χ2v) is 7.65. The summed E-state index contributed by atoms with van der Waals surface area (Å²) in [7, 11) is 2.03. The van der Waals surface area contributed by atoms with Gasteiger partial charge in [0.2, 0.25) is 0 Å². The van der Waals surface area contributed by atoms with Gasteiger partial charge in [-0.3, -0.25) is 4.79 Å². The molecular formula is C19H29N3O4. The molecule has 1 aromatic rings. The second kappa shape index (κ2) is 8.51. The van der Waals surface area contributed by atoms with Gasteiger partial charge in [-0.1, -0.05) is 12.1 Å². The van der Waals surface area contributed by atoms with Crippen LogP contribution in [-0.4, -0.2) is 66.7 Å². The van der Waals surface area contributed by atoms with E-state index in [1.165, 1.54) is 0 Å². The quantitative estimate of drug-likeness (QED) is 0.819. The highest BCUT2D eigenvalue weighted by atomic mass is 16.6. The molecule has 1 saturated heterocycles. The Hall–Kier alpha value is -2.12. The van der Waals surface area contributed by atoms with Gasteiger partial charge in [-0.2, -0.15) is 0 Å². The zero-order valence-electron chi connectivity index (χ0n) is 16.0. The molecule has 144 valence electrons. The smallest absolute Gasteiger partial charge is 0.415 e. The minimum absolute atomic E-state index is 0.337. The number of esters is 1. The number of carbonyl (C=O) groups is 2. The predicted molar refractivity (Wildman–Crippen MR) is 99.1 cm³/mol. The van der Waals surface area contributed by atoms with Crippen molar-refractivity contribution in [1.29, 1.82) is 0 Å². The monoisotopic (exact) mass is 363 g/mol. The Labute approximate surface area is 155 Å². The molecule has 0 spiro atoms. The number of nitrogens with two attached hydrogens (primary N) is 1. The summed E-state index contributed by atoms with van der Waals surface area (Å²) in [5.41, 5.74) is 6.23. The van der Waals surface area contributed by atoms with Crippen LogP contribution >= 0.6 is 0 Å². The van der Waals surface area contributed by atoms with E-state index in [-0.39, 0.29) is 6.09 Å². The largest absolute Gasteiger partial charge is 0.459 e. The topological polar surface area (TPSA) is 85.1 Å². The lowest BCUT2D eigenvalue weighted by molar-refractivity contribution is -0.156. The lowest BCUT2D eigenvalue weighted by atomic mass is 10.1. The third-order valence-corrected chi connectivity index (χ3v) is 4.06. The summed E-state index contributed by atoms with van der Waals surface area (Å²) < 4.78 is 10.7. The first-order chi connectivity index (χ1) is 12.1. The average Bonchev–Trinajstić information content (AvgIpc) is 2.55. The lowest BCUT2D eigenvalue weighted by Crippen LogP contribution is -2.48. The maximum Gasteiger partial charge on any atom is 0.415 e. The Bertz CT molecular complexity index is 617. The van der Waals surface area contributed by atoms with Crippen molar-refractivity contribution in [1.82, 2.24) is 9.80 Å². The lowest BCUT2D eigenvalue weighted by Gasteiger charge is -2.31. The van der Waals surface area contributed by atoms with Crippen LogP contribution in [0.15, 0.2) is 24.3 Å². The maximum atomic E-state index is 12.2. The van der Waals surface area contributed by atoms with Gasteiger partial charge in [0, 0.05) is 26.2 Å². The van der Waals surface area contributed by atoms with Gasteiger partial charge in [0.15, 0.2) is 0 Å². The summed E-state index contributed by atoms with van der Waals surface area (Å²) in [6.45, 7) is 8.44. The van der Waals surface area contributed by atoms with E-state index < -0.39 is 17.6 Å². The van der Waals surface area contributed by atoms with Crippen LogP contribution in [0.2, 0.25) is 0 Å². The van der Waals surface area contributed by atoms with Crippen molar-refractivity contribution in [3.05, 3.63) is 29.8 Å². The summed E-state index contributed by atoms with van der Waals surface area (Å²) in [6.07, 6.45) is 0.0259. The molecule has 1 amide bonds. The van der Waals surface area contributed by atoms with Gasteiger partial charge in [-0.15, -0.1) is 0 Å². The third kappa shape index (κ3) is 6.31. The van der Waals surface area contributed by atoms with Gasteiger partial charge < -0.3 is 25.0 Å². The molecule has 0 radical (unpaired) electrons. The summed E-state index contributed by atoms with van der Waals surface area (Å²) in [5.74, 6) is 0.0478. The highest BCUT2D eigenvalue weighted by Gasteiger charge is 2.23. The Morgan fingerprint density at radius 1 is 1.12 bits per heavy atom. The Morgan fingerprint density at radius 3 is 2.23 bits per heavy atom. The van der Waals surface area contributed by atoms with E-state index in [1.807, 2.05) is 7.05 Å². The molecule has 1 heterocycles. The fourth-order valence-corrected chi connectivity index (χ4v) is 2.56. The summed E-state index contributed by atoms with van der Waals surface area (Å²) in [5, 5.41) is 0. The Balaban J connectivity index is 1.86. The fraction of sp³-hybridized carbons (Fsp3) is 0.579. The number of hydrogen-bond acceptors (Lipinski definition) is 6. The Kier molecular flexibility index (Phi) is 6.61. The SMILES string of the molecule is CN1CCN(C(=O)Oc2ccc(CC(N)C(=O)OC(C)(C)C)cc2)CC1. The third-order valence-electron chi connectivity index (χ3n) is 4.06. The van der Waals surface area contributed by atoms with Crippen LogP contribution in [0.5, 0.6) is 5.75 Å². The van der Waals surface area contributed by atoms with Crippen LogP contribution in [0.4, 0.5) is 4.79 Å². The van der Waals surface area contributed by atoms with E-state index in [0.717, 1.165) is 18.7 Å². The number of likely N-dealkylation sites (N-methyl/N-ethyl adjacent to an activating group) is 1. The number of carbonyl (C=O) groups excluding carboxylic acids is 2. The molecule has 26 heavy (non-hydrogen) atoms. The van der Waals surface area contributed by atoms with Gasteiger partial charge >= 0.3 is 12.1 Å². The van der Waals surface area contributed by atoms with Crippen LogP contribution in [-0.2, 0) is 16.0 Å². The maximum absolute atomic E-state index is 12.2. The van der Waals surface area contributed by atoms with E-state index >= 15 is 0 Å². The number of hydrogen-bond donors (Lipinski definition) is 1. The minimum Gasteiger partial charge on any atom is -0.459 e. The first-order valence-electron chi connectivity index (χ1n) is 8.87. The zero-order chi connectivity index (χ0) is 19.3. The molecule has 7 heteroatoms. The van der Waals surface area contributed by atoms with Crippen LogP contribution in [0.3, 0.4) is 0 Å². The highest BCUT2D eigenvalue weighted by molar-refractivity contribution is 5.76. The molecule has 0 bridgehead atoms. The summed E-state index contributed by atoms with van der Waals surface area (Å²) in [6, 6.07) is 6.30. The summed E-state index contributed by atoms with van der Waals surface area (Å²) >= 11 is 0.